The molecule has 0 N–H and O–H groups in total. The molecule has 2 aromatic carbocycles. The van der Waals surface area contributed by atoms with Crippen molar-refractivity contribution in [1.29, 1.82) is 0 Å². The molecule has 0 aromatic heterocycles. The van der Waals surface area contributed by atoms with E-state index in [1.165, 1.54) is 59.2 Å². The minimum absolute atomic E-state index is 1.18. The lowest BCUT2D eigenvalue weighted by atomic mass is 9.98. The van der Waals surface area contributed by atoms with Crippen molar-refractivity contribution >= 4 is 40.6 Å². The minimum atomic E-state index is -1.22. The maximum absolute atomic E-state index is 5.06. The summed E-state index contributed by atoms with van der Waals surface area (Å²) in [4.78, 5) is 6.47. The highest BCUT2D eigenvalue weighted by Gasteiger charge is 2.18. The highest BCUT2D eigenvalue weighted by Crippen LogP contribution is 2.39. The Morgan fingerprint density at radius 1 is 0.909 bits per heavy atom. The second-order valence-electron chi connectivity index (χ2n) is 7.08. The van der Waals surface area contributed by atoms with Crippen LogP contribution in [0.15, 0.2) is 46.3 Å². The zero-order chi connectivity index (χ0) is 15.6. The predicted molar refractivity (Wildman–Crippen MR) is 103 cm³/mol. The summed E-state index contributed by atoms with van der Waals surface area (Å²) in [6.45, 7) is 7.23. The Morgan fingerprint density at radius 2 is 1.59 bits per heavy atom. The van der Waals surface area contributed by atoms with E-state index < -0.39 is 7.22 Å². The molecule has 0 heterocycles. The second-order valence-corrected chi connectivity index (χ2v) is 16.2. The standard InChI is InChI=1S/C19H25NSSi/c1-22(2,3)21-18-14-8-10-15-9-7-13-17(19(15)18)20-16-11-5-4-6-12-16/h7-10,13-14H,4-6,11-12H2,1-3H3. The predicted octanol–water partition coefficient (Wildman–Crippen LogP) is 6.80. The van der Waals surface area contributed by atoms with Crippen LogP contribution in [0.1, 0.15) is 32.1 Å². The first-order chi connectivity index (χ1) is 10.5. The molecule has 0 amide bonds. The largest absolute Gasteiger partial charge is 0.257 e. The monoisotopic (exact) mass is 327 g/mol. The van der Waals surface area contributed by atoms with E-state index in [1.807, 2.05) is 0 Å². The van der Waals surface area contributed by atoms with Gasteiger partial charge in [0.2, 0.25) is 0 Å². The van der Waals surface area contributed by atoms with Gasteiger partial charge in [-0.25, -0.2) is 0 Å². The van der Waals surface area contributed by atoms with Crippen LogP contribution >= 0.6 is 11.2 Å². The van der Waals surface area contributed by atoms with E-state index in [-0.39, 0.29) is 0 Å². The molecule has 22 heavy (non-hydrogen) atoms. The molecule has 0 spiro atoms. The van der Waals surface area contributed by atoms with Crippen molar-refractivity contribution in [3.05, 3.63) is 36.4 Å². The van der Waals surface area contributed by atoms with Gasteiger partial charge < -0.3 is 0 Å². The summed E-state index contributed by atoms with van der Waals surface area (Å²) in [6.07, 6.45) is 6.34. The molecule has 0 saturated heterocycles. The van der Waals surface area contributed by atoms with Gasteiger partial charge in [0.05, 0.1) is 5.69 Å². The summed E-state index contributed by atoms with van der Waals surface area (Å²) in [5, 5.41) is 2.68. The summed E-state index contributed by atoms with van der Waals surface area (Å²) in [6, 6.07) is 13.2. The van der Waals surface area contributed by atoms with Crippen LogP contribution in [-0.2, 0) is 0 Å². The van der Waals surface area contributed by atoms with Gasteiger partial charge in [0.15, 0.2) is 0 Å². The fraction of sp³-hybridized carbons (Fsp3) is 0.421. The lowest BCUT2D eigenvalue weighted by Gasteiger charge is -2.18. The van der Waals surface area contributed by atoms with Gasteiger partial charge in [-0.3, -0.25) is 4.99 Å². The number of benzene rings is 2. The van der Waals surface area contributed by atoms with E-state index in [0.29, 0.717) is 0 Å². The highest BCUT2D eigenvalue weighted by atomic mass is 32.4. The van der Waals surface area contributed by atoms with Gasteiger partial charge in [0.25, 0.3) is 0 Å². The summed E-state index contributed by atoms with van der Waals surface area (Å²) >= 11 is 2.08. The van der Waals surface area contributed by atoms with Gasteiger partial charge in [0.1, 0.15) is 7.22 Å². The number of nitrogens with zero attached hydrogens (tertiary/aromatic N) is 1. The summed E-state index contributed by atoms with van der Waals surface area (Å²) in [7, 11) is -1.22. The lowest BCUT2D eigenvalue weighted by molar-refractivity contribution is 0.667. The van der Waals surface area contributed by atoms with Crippen LogP contribution in [0.5, 0.6) is 0 Å². The second kappa shape index (κ2) is 6.59. The van der Waals surface area contributed by atoms with Gasteiger partial charge in [-0.15, -0.1) is 0 Å². The van der Waals surface area contributed by atoms with Crippen LogP contribution in [0.2, 0.25) is 19.6 Å². The third-order valence-corrected chi connectivity index (χ3v) is 7.64. The van der Waals surface area contributed by atoms with Crippen LogP contribution in [0.25, 0.3) is 10.8 Å². The van der Waals surface area contributed by atoms with Crippen molar-refractivity contribution in [2.75, 3.05) is 0 Å². The molecule has 116 valence electrons. The van der Waals surface area contributed by atoms with Crippen molar-refractivity contribution < 1.29 is 0 Å². The molecule has 1 aliphatic carbocycles. The topological polar surface area (TPSA) is 12.4 Å². The fourth-order valence-electron chi connectivity index (χ4n) is 3.04. The van der Waals surface area contributed by atoms with Crippen LogP contribution in [0, 0.1) is 0 Å². The Labute approximate surface area is 138 Å². The molecule has 0 bridgehead atoms. The summed E-state index contributed by atoms with van der Waals surface area (Å²) in [5.74, 6) is 0. The number of hydrogen-bond donors (Lipinski definition) is 0. The maximum atomic E-state index is 5.06. The van der Waals surface area contributed by atoms with Crippen LogP contribution in [0.4, 0.5) is 5.69 Å². The van der Waals surface area contributed by atoms with Crippen molar-refractivity contribution in [2.45, 2.75) is 56.6 Å². The van der Waals surface area contributed by atoms with Crippen molar-refractivity contribution in [2.24, 2.45) is 4.99 Å². The highest BCUT2D eigenvalue weighted by molar-refractivity contribution is 8.28. The Bertz CT molecular complexity index is 687. The third-order valence-electron chi connectivity index (χ3n) is 3.97. The Morgan fingerprint density at radius 3 is 2.27 bits per heavy atom. The molecule has 1 fully saturated rings. The van der Waals surface area contributed by atoms with Gasteiger partial charge in [-0.05, 0) is 43.2 Å². The Balaban J connectivity index is 2.09. The number of fused-ring (bicyclic) bond motifs is 1. The fourth-order valence-corrected chi connectivity index (χ4v) is 6.66. The molecular formula is C19H25NSSi. The zero-order valence-electron chi connectivity index (χ0n) is 13.9. The van der Waals surface area contributed by atoms with Crippen LogP contribution in [0.3, 0.4) is 0 Å². The van der Waals surface area contributed by atoms with Crippen molar-refractivity contribution in [3.63, 3.8) is 0 Å². The third kappa shape index (κ3) is 3.82. The first-order valence-electron chi connectivity index (χ1n) is 8.30. The molecular weight excluding hydrogens is 302 g/mol. The maximum Gasteiger partial charge on any atom is 0.114 e. The van der Waals surface area contributed by atoms with Crippen LogP contribution < -0.4 is 0 Å². The molecule has 0 unspecified atom stereocenters. The van der Waals surface area contributed by atoms with Crippen molar-refractivity contribution in [3.8, 4) is 0 Å². The van der Waals surface area contributed by atoms with E-state index in [2.05, 4.69) is 67.3 Å². The molecule has 1 saturated carbocycles. The average Bonchev–Trinajstić information content (AvgIpc) is 2.47. The first kappa shape index (κ1) is 15.8. The van der Waals surface area contributed by atoms with E-state index in [4.69, 9.17) is 4.99 Å². The molecule has 0 atom stereocenters. The molecule has 0 aliphatic heterocycles. The zero-order valence-corrected chi connectivity index (χ0v) is 15.7. The van der Waals surface area contributed by atoms with E-state index in [0.717, 1.165) is 0 Å². The number of rotatable bonds is 3. The normalized spacial score (nSPS) is 16.0. The Kier molecular flexibility index (Phi) is 4.74. The van der Waals surface area contributed by atoms with Crippen LogP contribution in [-0.4, -0.2) is 12.9 Å². The van der Waals surface area contributed by atoms with Gasteiger partial charge in [-0.2, -0.15) is 11.2 Å². The lowest BCUT2D eigenvalue weighted by Crippen LogP contribution is -2.13. The molecule has 1 aliphatic rings. The van der Waals surface area contributed by atoms with Gasteiger partial charge >= 0.3 is 0 Å². The molecule has 3 rings (SSSR count). The molecule has 3 heteroatoms. The SMILES string of the molecule is C[Si](C)(C)Sc1cccc2cccc(N=C3CCCCC3)c12. The van der Waals surface area contributed by atoms with E-state index in [9.17, 15) is 0 Å². The summed E-state index contributed by atoms with van der Waals surface area (Å²) in [5.41, 5.74) is 2.57. The number of hydrogen-bond acceptors (Lipinski definition) is 2. The van der Waals surface area contributed by atoms with Crippen molar-refractivity contribution in [1.82, 2.24) is 0 Å². The quantitative estimate of drug-likeness (QED) is 0.564. The molecule has 2 aromatic rings. The van der Waals surface area contributed by atoms with Gasteiger partial charge in [-0.1, -0.05) is 50.3 Å². The summed E-state index contributed by atoms with van der Waals surface area (Å²) < 4.78 is 0. The smallest absolute Gasteiger partial charge is 0.114 e. The van der Waals surface area contributed by atoms with E-state index >= 15 is 0 Å². The van der Waals surface area contributed by atoms with E-state index in [1.54, 1.807) is 0 Å². The minimum Gasteiger partial charge on any atom is -0.257 e. The molecule has 0 radical (unpaired) electrons. The first-order valence-corrected chi connectivity index (χ1v) is 13.3. The average molecular weight is 328 g/mol. The molecule has 1 nitrogen and oxygen atoms in total. The number of aliphatic imine (C=N–C) groups is 1. The van der Waals surface area contributed by atoms with Gasteiger partial charge in [0, 0.05) is 16.0 Å². The Hall–Kier alpha value is -1.06.